The van der Waals surface area contributed by atoms with Gasteiger partial charge in [-0.25, -0.2) is 13.8 Å². The average Bonchev–Trinajstić information content (AvgIpc) is 2.80. The Morgan fingerprint density at radius 3 is 2.47 bits per heavy atom. The molecule has 0 aliphatic rings. The van der Waals surface area contributed by atoms with Crippen LogP contribution in [-0.4, -0.2) is 4.98 Å². The van der Waals surface area contributed by atoms with Crippen molar-refractivity contribution in [3.05, 3.63) is 119 Å². The van der Waals surface area contributed by atoms with E-state index in [9.17, 15) is 8.78 Å². The third-order valence-electron chi connectivity index (χ3n) is 5.40. The molecule has 0 amide bonds. The number of halogens is 2. The van der Waals surface area contributed by atoms with E-state index < -0.39 is 11.6 Å². The number of nitrogens with one attached hydrogen (secondary N) is 2. The number of hydrogen-bond acceptors (Lipinski definition) is 4. The second-order valence-electron chi connectivity index (χ2n) is 7.96. The van der Waals surface area contributed by atoms with Crippen LogP contribution in [-0.2, 0) is 6.54 Å². The van der Waals surface area contributed by atoms with Crippen molar-refractivity contribution in [3.63, 3.8) is 0 Å². The molecule has 0 spiro atoms. The summed E-state index contributed by atoms with van der Waals surface area (Å²) in [6.45, 7) is 8.30. The zero-order valence-corrected chi connectivity index (χ0v) is 19.0. The fourth-order valence-corrected chi connectivity index (χ4v) is 3.59. The van der Waals surface area contributed by atoms with Crippen molar-refractivity contribution in [2.75, 3.05) is 5.32 Å². The van der Waals surface area contributed by atoms with Crippen LogP contribution in [0.1, 0.15) is 22.3 Å². The molecule has 0 saturated carbocycles. The molecule has 0 radical (unpaired) electrons. The van der Waals surface area contributed by atoms with E-state index >= 15 is 0 Å². The fraction of sp³-hybridized carbons (Fsp3) is 0.107. The molecule has 4 nitrogen and oxygen atoms in total. The second-order valence-corrected chi connectivity index (χ2v) is 7.96. The van der Waals surface area contributed by atoms with Crippen molar-refractivity contribution in [1.82, 2.24) is 10.3 Å². The monoisotopic (exact) mass is 457 g/mol. The number of nitrogens with zero attached hydrogens (tertiary/aromatic N) is 1. The van der Waals surface area contributed by atoms with Gasteiger partial charge in [-0.3, -0.25) is 0 Å². The molecule has 0 saturated heterocycles. The highest BCUT2D eigenvalue weighted by atomic mass is 19.1. The second kappa shape index (κ2) is 10.2. The van der Waals surface area contributed by atoms with Crippen LogP contribution < -0.4 is 15.4 Å². The Hall–Kier alpha value is -4.19. The molecule has 3 aromatic carbocycles. The van der Waals surface area contributed by atoms with E-state index in [0.717, 1.165) is 28.4 Å². The molecule has 0 atom stereocenters. The summed E-state index contributed by atoms with van der Waals surface area (Å²) >= 11 is 0. The van der Waals surface area contributed by atoms with Crippen LogP contribution in [0.3, 0.4) is 0 Å². The van der Waals surface area contributed by atoms with Crippen molar-refractivity contribution in [1.29, 1.82) is 0 Å². The van der Waals surface area contributed by atoms with E-state index in [1.165, 1.54) is 12.1 Å². The minimum Gasteiger partial charge on any atom is -0.457 e. The number of ether oxygens (including phenoxy) is 1. The lowest BCUT2D eigenvalue weighted by Gasteiger charge is -2.16. The van der Waals surface area contributed by atoms with Gasteiger partial charge >= 0.3 is 0 Å². The van der Waals surface area contributed by atoms with Crippen molar-refractivity contribution in [2.45, 2.75) is 20.4 Å². The van der Waals surface area contributed by atoms with Gasteiger partial charge < -0.3 is 15.4 Å². The summed E-state index contributed by atoms with van der Waals surface area (Å²) in [5.74, 6) is 0.768. The predicted octanol–water partition coefficient (Wildman–Crippen LogP) is 7.27. The fourth-order valence-electron chi connectivity index (χ4n) is 3.59. The molecule has 4 rings (SSSR count). The summed E-state index contributed by atoms with van der Waals surface area (Å²) < 4.78 is 33.1. The van der Waals surface area contributed by atoms with E-state index in [4.69, 9.17) is 4.74 Å². The van der Waals surface area contributed by atoms with Crippen LogP contribution in [0.5, 0.6) is 11.5 Å². The molecular weight excluding hydrogens is 432 g/mol. The lowest BCUT2D eigenvalue weighted by molar-refractivity contribution is 0.478. The smallest absolute Gasteiger partial charge is 0.134 e. The molecule has 1 heterocycles. The van der Waals surface area contributed by atoms with E-state index in [0.29, 0.717) is 28.6 Å². The Labute approximate surface area is 198 Å². The van der Waals surface area contributed by atoms with Gasteiger partial charge in [0.05, 0.1) is 0 Å². The lowest BCUT2D eigenvalue weighted by atomic mass is 10.0. The first-order valence-corrected chi connectivity index (χ1v) is 10.8. The summed E-state index contributed by atoms with van der Waals surface area (Å²) in [5.41, 5.74) is 4.95. The molecule has 0 aliphatic carbocycles. The molecule has 6 heteroatoms. The van der Waals surface area contributed by atoms with Gasteiger partial charge in [0.15, 0.2) is 0 Å². The van der Waals surface area contributed by atoms with Crippen LogP contribution >= 0.6 is 0 Å². The first-order valence-electron chi connectivity index (χ1n) is 10.8. The normalized spacial score (nSPS) is 10.6. The summed E-state index contributed by atoms with van der Waals surface area (Å²) in [6, 6.07) is 20.7. The number of aryl methyl sites for hydroxylation is 1. The van der Waals surface area contributed by atoms with Gasteiger partial charge in [0.25, 0.3) is 0 Å². The highest BCUT2D eigenvalue weighted by Gasteiger charge is 2.10. The number of para-hydroxylation sites is 1. The van der Waals surface area contributed by atoms with E-state index in [2.05, 4.69) is 22.2 Å². The summed E-state index contributed by atoms with van der Waals surface area (Å²) in [4.78, 5) is 4.38. The van der Waals surface area contributed by atoms with Gasteiger partial charge in [-0.1, -0.05) is 36.9 Å². The molecule has 0 aliphatic heterocycles. The van der Waals surface area contributed by atoms with Gasteiger partial charge in [0.1, 0.15) is 29.0 Å². The lowest BCUT2D eigenvalue weighted by Crippen LogP contribution is -2.12. The molecule has 0 unspecified atom stereocenters. The summed E-state index contributed by atoms with van der Waals surface area (Å²) in [7, 11) is 0. The van der Waals surface area contributed by atoms with Crippen LogP contribution in [0.25, 0.3) is 5.70 Å². The number of pyridine rings is 1. The Morgan fingerprint density at radius 1 is 0.941 bits per heavy atom. The minimum absolute atomic E-state index is 0.246. The third kappa shape index (κ3) is 5.59. The highest BCUT2D eigenvalue weighted by molar-refractivity contribution is 5.67. The summed E-state index contributed by atoms with van der Waals surface area (Å²) in [5, 5.41) is 6.45. The maximum Gasteiger partial charge on any atom is 0.134 e. The standard InChI is InChI=1S/C28H25F2N3O/c1-18-7-4-5-9-26(18)33-28-16-24(11-12-31-28)34-27-10-6-8-25(19(27)2)20(3)32-17-21-13-22(29)15-23(30)14-21/h4-16,32H,3,17H2,1-2H3,(H,31,33). The average molecular weight is 458 g/mol. The molecule has 1 aromatic heterocycles. The number of hydrogen-bond donors (Lipinski definition) is 2. The number of benzene rings is 3. The molecule has 2 N–H and O–H groups in total. The van der Waals surface area contributed by atoms with Gasteiger partial charge in [-0.05, 0) is 55.3 Å². The van der Waals surface area contributed by atoms with Crippen molar-refractivity contribution < 1.29 is 13.5 Å². The Bertz CT molecular complexity index is 1320. The number of anilines is 2. The maximum absolute atomic E-state index is 13.5. The molecule has 4 aromatic rings. The van der Waals surface area contributed by atoms with Gasteiger partial charge in [0, 0.05) is 47.4 Å². The quantitative estimate of drug-likeness (QED) is 0.292. The van der Waals surface area contributed by atoms with Crippen LogP contribution in [0.4, 0.5) is 20.3 Å². The SMILES string of the molecule is C=C(NCc1cc(F)cc(F)c1)c1cccc(Oc2ccnc(Nc3ccccc3C)c2)c1C. The van der Waals surface area contributed by atoms with E-state index in [1.807, 2.05) is 62.4 Å². The minimum atomic E-state index is -0.609. The molecule has 0 bridgehead atoms. The topological polar surface area (TPSA) is 46.2 Å². The Balaban J connectivity index is 1.47. The van der Waals surface area contributed by atoms with Gasteiger partial charge in [-0.15, -0.1) is 0 Å². The Morgan fingerprint density at radius 2 is 1.71 bits per heavy atom. The molecule has 34 heavy (non-hydrogen) atoms. The van der Waals surface area contributed by atoms with E-state index in [-0.39, 0.29) is 6.54 Å². The van der Waals surface area contributed by atoms with E-state index in [1.54, 1.807) is 12.3 Å². The largest absolute Gasteiger partial charge is 0.457 e. The predicted molar refractivity (Wildman–Crippen MR) is 132 cm³/mol. The van der Waals surface area contributed by atoms with Crippen LogP contribution in [0.2, 0.25) is 0 Å². The first-order chi connectivity index (χ1) is 16.4. The summed E-state index contributed by atoms with van der Waals surface area (Å²) in [6.07, 6.45) is 1.69. The Kier molecular flexibility index (Phi) is 6.87. The molecule has 0 fully saturated rings. The highest BCUT2D eigenvalue weighted by Crippen LogP contribution is 2.31. The zero-order valence-electron chi connectivity index (χ0n) is 19.0. The van der Waals surface area contributed by atoms with Crippen LogP contribution in [0, 0.1) is 25.5 Å². The van der Waals surface area contributed by atoms with Crippen molar-refractivity contribution >= 4 is 17.2 Å². The number of aromatic nitrogens is 1. The zero-order chi connectivity index (χ0) is 24.1. The van der Waals surface area contributed by atoms with Gasteiger partial charge in [0.2, 0.25) is 0 Å². The van der Waals surface area contributed by atoms with Crippen molar-refractivity contribution in [3.8, 4) is 11.5 Å². The maximum atomic E-state index is 13.5. The molecular formula is C28H25F2N3O. The molecule has 172 valence electrons. The van der Waals surface area contributed by atoms with Crippen LogP contribution in [0.15, 0.2) is 85.6 Å². The first kappa shape index (κ1) is 23.0. The van der Waals surface area contributed by atoms with Gasteiger partial charge in [-0.2, -0.15) is 0 Å². The third-order valence-corrected chi connectivity index (χ3v) is 5.40. The van der Waals surface area contributed by atoms with Crippen molar-refractivity contribution in [2.24, 2.45) is 0 Å². The number of rotatable bonds is 8.